The van der Waals surface area contributed by atoms with Crippen LogP contribution in [0.2, 0.25) is 0 Å². The summed E-state index contributed by atoms with van der Waals surface area (Å²) in [6.45, 7) is 0. The molecule has 0 radical (unpaired) electrons. The molecule has 1 aliphatic heterocycles. The second-order valence-corrected chi connectivity index (χ2v) is 8.36. The molecule has 0 spiro atoms. The lowest BCUT2D eigenvalue weighted by Gasteiger charge is -2.23. The summed E-state index contributed by atoms with van der Waals surface area (Å²) in [6, 6.07) is 18.4. The molecule has 1 unspecified atom stereocenters. The van der Waals surface area contributed by atoms with Crippen LogP contribution in [0, 0.1) is 0 Å². The lowest BCUT2D eigenvalue weighted by molar-refractivity contribution is -0.163. The Morgan fingerprint density at radius 1 is 1.03 bits per heavy atom. The van der Waals surface area contributed by atoms with Gasteiger partial charge in [-0.05, 0) is 29.3 Å². The summed E-state index contributed by atoms with van der Waals surface area (Å²) >= 11 is 0. The molecule has 3 aromatic rings. The molecule has 1 aromatic heterocycles. The van der Waals surface area contributed by atoms with Crippen LogP contribution in [0.15, 0.2) is 89.9 Å². The van der Waals surface area contributed by atoms with Gasteiger partial charge in [0.15, 0.2) is 18.0 Å². The van der Waals surface area contributed by atoms with Gasteiger partial charge in [-0.3, -0.25) is 9.36 Å². The van der Waals surface area contributed by atoms with E-state index in [-0.39, 0.29) is 5.82 Å². The van der Waals surface area contributed by atoms with Gasteiger partial charge in [0.25, 0.3) is 0 Å². The number of esters is 1. The van der Waals surface area contributed by atoms with E-state index in [4.69, 9.17) is 15.2 Å². The number of rotatable bonds is 8. The quantitative estimate of drug-likeness (QED) is 0.340. The highest BCUT2D eigenvalue weighted by molar-refractivity contribution is 5.99. The fourth-order valence-corrected chi connectivity index (χ4v) is 3.79. The molecule has 0 saturated carbocycles. The zero-order chi connectivity index (χ0) is 27.3. The fraction of sp³-hybridized carbons (Fsp3) is 0.185. The van der Waals surface area contributed by atoms with Crippen LogP contribution in [0.5, 0.6) is 0 Å². The van der Waals surface area contributed by atoms with E-state index >= 15 is 8.78 Å². The standard InChI is InChI=1S/C27H23F2N3O6/c28-27(29)24(35)23(38-25(27)32-16-15-20(30)31-26(32)36)22(19(33)13-11-17-7-3-1-4-8-17)37-21(34)14-12-18-9-5-2-6-10-18/h1-16,22-25,35H,(H2,30,31,36)/t22?,23-,24-,25-/m1/s1. The lowest BCUT2D eigenvalue weighted by atomic mass is 10.0. The molecule has 0 aliphatic carbocycles. The molecular formula is C27H23F2N3O6. The van der Waals surface area contributed by atoms with Gasteiger partial charge in [-0.15, -0.1) is 0 Å². The van der Waals surface area contributed by atoms with Crippen LogP contribution in [0.3, 0.4) is 0 Å². The molecule has 1 saturated heterocycles. The van der Waals surface area contributed by atoms with Crippen molar-refractivity contribution in [1.29, 1.82) is 0 Å². The normalized spacial score (nSPS) is 21.5. The summed E-state index contributed by atoms with van der Waals surface area (Å²) in [6.07, 6.45) is -3.14. The van der Waals surface area contributed by atoms with Crippen molar-refractivity contribution in [2.24, 2.45) is 0 Å². The molecular weight excluding hydrogens is 500 g/mol. The number of nitrogen functional groups attached to an aromatic ring is 1. The Balaban J connectivity index is 1.64. The van der Waals surface area contributed by atoms with Gasteiger partial charge in [0, 0.05) is 12.3 Å². The molecule has 11 heteroatoms. The molecule has 3 N–H and O–H groups in total. The molecule has 4 atom stereocenters. The number of nitrogens with zero attached hydrogens (tertiary/aromatic N) is 2. The van der Waals surface area contributed by atoms with Crippen LogP contribution in [0.4, 0.5) is 14.6 Å². The summed E-state index contributed by atoms with van der Waals surface area (Å²) in [5, 5.41) is 10.5. The van der Waals surface area contributed by atoms with Gasteiger partial charge in [0.05, 0.1) is 0 Å². The van der Waals surface area contributed by atoms with Crippen LogP contribution in [-0.2, 0) is 19.1 Å². The van der Waals surface area contributed by atoms with E-state index in [1.54, 1.807) is 60.7 Å². The van der Waals surface area contributed by atoms with E-state index in [1.807, 2.05) is 0 Å². The van der Waals surface area contributed by atoms with E-state index < -0.39 is 47.9 Å². The van der Waals surface area contributed by atoms with Crippen LogP contribution < -0.4 is 11.4 Å². The molecule has 2 heterocycles. The predicted molar refractivity (Wildman–Crippen MR) is 134 cm³/mol. The first kappa shape index (κ1) is 26.6. The number of aromatic nitrogens is 2. The Morgan fingerprint density at radius 3 is 2.18 bits per heavy atom. The predicted octanol–water partition coefficient (Wildman–Crippen LogP) is 2.63. The Hall–Kier alpha value is -4.48. The van der Waals surface area contributed by atoms with Gasteiger partial charge in [-0.2, -0.15) is 13.8 Å². The van der Waals surface area contributed by atoms with Crippen LogP contribution >= 0.6 is 0 Å². The molecule has 0 bridgehead atoms. The summed E-state index contributed by atoms with van der Waals surface area (Å²) in [5.41, 5.74) is 5.53. The van der Waals surface area contributed by atoms with Crippen LogP contribution in [-0.4, -0.2) is 50.6 Å². The molecule has 196 valence electrons. The fourth-order valence-electron chi connectivity index (χ4n) is 3.79. The van der Waals surface area contributed by atoms with Crippen molar-refractivity contribution in [2.45, 2.75) is 30.5 Å². The first-order valence-corrected chi connectivity index (χ1v) is 11.4. The van der Waals surface area contributed by atoms with Crippen molar-refractivity contribution >= 4 is 29.7 Å². The van der Waals surface area contributed by atoms with Crippen molar-refractivity contribution in [1.82, 2.24) is 9.55 Å². The van der Waals surface area contributed by atoms with Crippen molar-refractivity contribution in [2.75, 3.05) is 5.73 Å². The average molecular weight is 523 g/mol. The summed E-state index contributed by atoms with van der Waals surface area (Å²) in [7, 11) is 0. The van der Waals surface area contributed by atoms with Gasteiger partial charge < -0.3 is 20.3 Å². The van der Waals surface area contributed by atoms with Gasteiger partial charge in [-0.25, -0.2) is 9.59 Å². The van der Waals surface area contributed by atoms with Crippen molar-refractivity contribution in [3.63, 3.8) is 0 Å². The first-order valence-electron chi connectivity index (χ1n) is 11.4. The van der Waals surface area contributed by atoms with Crippen molar-refractivity contribution in [3.05, 3.63) is 107 Å². The number of anilines is 1. The summed E-state index contributed by atoms with van der Waals surface area (Å²) < 4.78 is 41.2. The lowest BCUT2D eigenvalue weighted by Crippen LogP contribution is -2.47. The number of aliphatic hydroxyl groups excluding tert-OH is 1. The Bertz CT molecular complexity index is 1410. The van der Waals surface area contributed by atoms with Gasteiger partial charge in [0.2, 0.25) is 6.23 Å². The Kier molecular flexibility index (Phi) is 7.89. The number of ketones is 1. The average Bonchev–Trinajstić information content (AvgIpc) is 3.14. The Labute approximate surface area is 215 Å². The number of alkyl halides is 2. The summed E-state index contributed by atoms with van der Waals surface area (Å²) in [5.74, 6) is -6.21. The highest BCUT2D eigenvalue weighted by atomic mass is 19.3. The first-order chi connectivity index (χ1) is 18.2. The topological polar surface area (TPSA) is 134 Å². The van der Waals surface area contributed by atoms with Gasteiger partial charge in [0.1, 0.15) is 11.9 Å². The maximum absolute atomic E-state index is 15.1. The van der Waals surface area contributed by atoms with Gasteiger partial charge in [-0.1, -0.05) is 66.7 Å². The second-order valence-electron chi connectivity index (χ2n) is 8.36. The van der Waals surface area contributed by atoms with Crippen molar-refractivity contribution in [3.8, 4) is 0 Å². The zero-order valence-corrected chi connectivity index (χ0v) is 19.8. The minimum Gasteiger partial charge on any atom is -0.448 e. The van der Waals surface area contributed by atoms with Crippen LogP contribution in [0.1, 0.15) is 17.4 Å². The highest BCUT2D eigenvalue weighted by Crippen LogP contribution is 2.43. The van der Waals surface area contributed by atoms with E-state index in [2.05, 4.69) is 4.98 Å². The third-order valence-corrected chi connectivity index (χ3v) is 5.70. The molecule has 2 aromatic carbocycles. The van der Waals surface area contributed by atoms with E-state index in [0.29, 0.717) is 15.7 Å². The zero-order valence-electron chi connectivity index (χ0n) is 19.8. The van der Waals surface area contributed by atoms with Crippen molar-refractivity contribution < 1.29 is 33.0 Å². The van der Waals surface area contributed by atoms with E-state index in [1.165, 1.54) is 12.2 Å². The number of nitrogens with two attached hydrogens (primary N) is 1. The smallest absolute Gasteiger partial charge is 0.351 e. The minimum atomic E-state index is -4.06. The summed E-state index contributed by atoms with van der Waals surface area (Å²) in [4.78, 5) is 41.3. The number of halogens is 2. The maximum atomic E-state index is 15.1. The third-order valence-electron chi connectivity index (χ3n) is 5.70. The number of benzene rings is 2. The molecule has 1 aliphatic rings. The largest absolute Gasteiger partial charge is 0.448 e. The Morgan fingerprint density at radius 2 is 1.61 bits per heavy atom. The number of carbonyl (C=O) groups excluding carboxylic acids is 2. The molecule has 1 fully saturated rings. The monoisotopic (exact) mass is 523 g/mol. The number of aliphatic hydroxyl groups is 1. The third kappa shape index (κ3) is 5.90. The maximum Gasteiger partial charge on any atom is 0.351 e. The highest BCUT2D eigenvalue weighted by Gasteiger charge is 2.63. The second kappa shape index (κ2) is 11.3. The van der Waals surface area contributed by atoms with E-state index in [9.17, 15) is 19.5 Å². The number of hydrogen-bond donors (Lipinski definition) is 2. The number of hydrogen-bond acceptors (Lipinski definition) is 8. The molecule has 38 heavy (non-hydrogen) atoms. The number of ether oxygens (including phenoxy) is 2. The van der Waals surface area contributed by atoms with Crippen LogP contribution in [0.25, 0.3) is 12.2 Å². The minimum absolute atomic E-state index is 0.206. The van der Waals surface area contributed by atoms with E-state index in [0.717, 1.165) is 24.4 Å². The van der Waals surface area contributed by atoms with Gasteiger partial charge >= 0.3 is 17.6 Å². The molecule has 9 nitrogen and oxygen atoms in total. The number of carbonyl (C=O) groups is 2. The molecule has 0 amide bonds. The molecule has 4 rings (SSSR count). The SMILES string of the molecule is Nc1ccn([C@@H]2O[C@H](C(OC(=O)C=Cc3ccccc3)C(=O)C=Cc3ccccc3)[C@@H](O)C2(F)F)c(=O)n1.